The minimum absolute atomic E-state index is 0.0115. The van der Waals surface area contributed by atoms with Gasteiger partial charge in [-0.2, -0.15) is 13.2 Å². The lowest BCUT2D eigenvalue weighted by Gasteiger charge is -2.40. The Kier molecular flexibility index (Phi) is 7.09. The zero-order valence-electron chi connectivity index (χ0n) is 15.4. The van der Waals surface area contributed by atoms with Gasteiger partial charge in [-0.1, -0.05) is 26.0 Å². The maximum absolute atomic E-state index is 12.8. The molecule has 1 unspecified atom stereocenters. The number of halogens is 3. The molecule has 0 spiro atoms. The summed E-state index contributed by atoms with van der Waals surface area (Å²) >= 11 is 0. The molecule has 1 fully saturated rings. The summed E-state index contributed by atoms with van der Waals surface area (Å²) in [6.45, 7) is 6.03. The van der Waals surface area contributed by atoms with Crippen molar-refractivity contribution in [1.82, 2.24) is 4.90 Å². The van der Waals surface area contributed by atoms with Gasteiger partial charge in [-0.25, -0.2) is 0 Å². The topological polar surface area (TPSA) is 40.5 Å². The number of alkyl halides is 3. The number of carboxylic acid groups (broad SMARTS) is 1. The molecule has 26 heavy (non-hydrogen) atoms. The van der Waals surface area contributed by atoms with E-state index in [0.717, 1.165) is 50.0 Å². The van der Waals surface area contributed by atoms with E-state index in [4.69, 9.17) is 5.11 Å². The van der Waals surface area contributed by atoms with Crippen molar-refractivity contribution in [3.8, 4) is 0 Å². The summed E-state index contributed by atoms with van der Waals surface area (Å²) in [5.74, 6) is -0.125. The van der Waals surface area contributed by atoms with Gasteiger partial charge in [0.25, 0.3) is 0 Å². The molecule has 2 atom stereocenters. The molecule has 1 saturated heterocycles. The molecular weight excluding hydrogens is 343 g/mol. The average molecular weight is 371 g/mol. The molecule has 1 aromatic rings. The first kappa shape index (κ1) is 20.7. The Morgan fingerprint density at radius 2 is 1.92 bits per heavy atom. The van der Waals surface area contributed by atoms with Gasteiger partial charge >= 0.3 is 12.1 Å². The van der Waals surface area contributed by atoms with Crippen LogP contribution in [0.2, 0.25) is 0 Å². The Morgan fingerprint density at radius 3 is 2.46 bits per heavy atom. The van der Waals surface area contributed by atoms with Gasteiger partial charge in [0.1, 0.15) is 0 Å². The van der Waals surface area contributed by atoms with E-state index in [2.05, 4.69) is 18.7 Å². The highest BCUT2D eigenvalue weighted by molar-refractivity contribution is 5.67. The summed E-state index contributed by atoms with van der Waals surface area (Å²) in [6, 6.07) is 5.34. The molecule has 1 N–H and O–H groups in total. The van der Waals surface area contributed by atoms with Crippen molar-refractivity contribution < 1.29 is 23.1 Å². The number of carboxylic acids is 1. The predicted octanol–water partition coefficient (Wildman–Crippen LogP) is 5.37. The van der Waals surface area contributed by atoms with Gasteiger partial charge in [-0.3, -0.25) is 9.69 Å². The molecular formula is C20H28F3NO2. The zero-order chi connectivity index (χ0) is 19.3. The number of hydrogen-bond donors (Lipinski definition) is 1. The predicted molar refractivity (Wildman–Crippen MR) is 94.8 cm³/mol. The number of benzene rings is 1. The lowest BCUT2D eigenvalue weighted by Crippen LogP contribution is -2.38. The molecule has 0 saturated carbocycles. The second kappa shape index (κ2) is 8.89. The first-order valence-electron chi connectivity index (χ1n) is 9.29. The fraction of sp³-hybridized carbons (Fsp3) is 0.650. The van der Waals surface area contributed by atoms with Gasteiger partial charge in [-0.15, -0.1) is 0 Å². The Balaban J connectivity index is 2.14. The Morgan fingerprint density at radius 1 is 1.27 bits per heavy atom. The summed E-state index contributed by atoms with van der Waals surface area (Å²) in [5.41, 5.74) is 0.197. The van der Waals surface area contributed by atoms with E-state index < -0.39 is 17.7 Å². The van der Waals surface area contributed by atoms with Crippen LogP contribution in [0.3, 0.4) is 0 Å². The standard InChI is InChI=1S/C20H28F3NO2/c1-14(2)4-3-10-24-11-9-15(13-19(25)26)12-18(24)16-5-7-17(8-6-16)20(21,22)23/h5-8,14-15,18H,3-4,9-13H2,1-2H3,(H,25,26)/t15-,18?/m1/s1. The lowest BCUT2D eigenvalue weighted by molar-refractivity contribution is -0.139. The minimum atomic E-state index is -4.34. The normalized spacial score (nSPS) is 21.9. The van der Waals surface area contributed by atoms with Crippen LogP contribution in [0.1, 0.15) is 63.1 Å². The van der Waals surface area contributed by atoms with Crippen LogP contribution in [-0.4, -0.2) is 29.1 Å². The highest BCUT2D eigenvalue weighted by Gasteiger charge is 2.33. The van der Waals surface area contributed by atoms with E-state index >= 15 is 0 Å². The molecule has 0 aliphatic carbocycles. The van der Waals surface area contributed by atoms with Crippen LogP contribution < -0.4 is 0 Å². The third-order valence-corrected chi connectivity index (χ3v) is 5.13. The van der Waals surface area contributed by atoms with Crippen LogP contribution >= 0.6 is 0 Å². The van der Waals surface area contributed by atoms with E-state index in [1.54, 1.807) is 12.1 Å². The number of carbonyl (C=O) groups is 1. The number of piperidine rings is 1. The first-order valence-corrected chi connectivity index (χ1v) is 9.29. The van der Waals surface area contributed by atoms with Crippen LogP contribution in [-0.2, 0) is 11.0 Å². The molecule has 0 bridgehead atoms. The Hall–Kier alpha value is -1.56. The van der Waals surface area contributed by atoms with E-state index in [1.165, 1.54) is 0 Å². The number of aliphatic carboxylic acids is 1. The highest BCUT2D eigenvalue weighted by atomic mass is 19.4. The van der Waals surface area contributed by atoms with Crippen molar-refractivity contribution in [3.05, 3.63) is 35.4 Å². The quantitative estimate of drug-likeness (QED) is 0.700. The van der Waals surface area contributed by atoms with Crippen LogP contribution in [0, 0.1) is 11.8 Å². The average Bonchev–Trinajstić information content (AvgIpc) is 2.54. The van der Waals surface area contributed by atoms with E-state index in [9.17, 15) is 18.0 Å². The summed E-state index contributed by atoms with van der Waals surface area (Å²) in [7, 11) is 0. The van der Waals surface area contributed by atoms with Crippen LogP contribution in [0.4, 0.5) is 13.2 Å². The molecule has 3 nitrogen and oxygen atoms in total. The third-order valence-electron chi connectivity index (χ3n) is 5.13. The number of hydrogen-bond acceptors (Lipinski definition) is 2. The molecule has 6 heteroatoms. The van der Waals surface area contributed by atoms with E-state index in [0.29, 0.717) is 12.3 Å². The smallest absolute Gasteiger partial charge is 0.416 e. The monoisotopic (exact) mass is 371 g/mol. The van der Waals surface area contributed by atoms with Crippen molar-refractivity contribution >= 4 is 5.97 Å². The maximum atomic E-state index is 12.8. The molecule has 1 aliphatic rings. The van der Waals surface area contributed by atoms with Crippen LogP contribution in [0.5, 0.6) is 0 Å². The van der Waals surface area contributed by atoms with E-state index in [1.807, 2.05) is 0 Å². The van der Waals surface area contributed by atoms with Crippen molar-refractivity contribution in [2.45, 2.75) is 58.2 Å². The summed E-state index contributed by atoms with van der Waals surface area (Å²) in [5, 5.41) is 9.08. The van der Waals surface area contributed by atoms with Gasteiger partial charge in [0.2, 0.25) is 0 Å². The highest BCUT2D eigenvalue weighted by Crippen LogP contribution is 2.37. The minimum Gasteiger partial charge on any atom is -0.481 e. The second-order valence-corrected chi connectivity index (χ2v) is 7.70. The molecule has 1 heterocycles. The fourth-order valence-corrected chi connectivity index (χ4v) is 3.73. The first-order chi connectivity index (χ1) is 12.2. The van der Waals surface area contributed by atoms with Gasteiger partial charge in [0, 0.05) is 12.5 Å². The summed E-state index contributed by atoms with van der Waals surface area (Å²) < 4.78 is 38.4. The summed E-state index contributed by atoms with van der Waals surface area (Å²) in [6.07, 6.45) is -0.567. The third kappa shape index (κ3) is 6.01. The molecule has 2 rings (SSSR count). The molecule has 1 aromatic carbocycles. The molecule has 146 valence electrons. The number of likely N-dealkylation sites (tertiary alicyclic amines) is 1. The molecule has 0 aromatic heterocycles. The van der Waals surface area contributed by atoms with Crippen molar-refractivity contribution in [1.29, 1.82) is 0 Å². The fourth-order valence-electron chi connectivity index (χ4n) is 3.73. The van der Waals surface area contributed by atoms with Gasteiger partial charge in [-0.05, 0) is 68.3 Å². The lowest BCUT2D eigenvalue weighted by atomic mass is 9.84. The Bertz CT molecular complexity index is 584. The maximum Gasteiger partial charge on any atom is 0.416 e. The van der Waals surface area contributed by atoms with Crippen molar-refractivity contribution in [2.24, 2.45) is 11.8 Å². The largest absolute Gasteiger partial charge is 0.481 e. The van der Waals surface area contributed by atoms with E-state index in [-0.39, 0.29) is 18.4 Å². The number of rotatable bonds is 7. The van der Waals surface area contributed by atoms with Crippen molar-refractivity contribution in [2.75, 3.05) is 13.1 Å². The molecule has 0 amide bonds. The van der Waals surface area contributed by atoms with Gasteiger partial charge in [0.15, 0.2) is 0 Å². The summed E-state index contributed by atoms with van der Waals surface area (Å²) in [4.78, 5) is 13.4. The SMILES string of the molecule is CC(C)CCCN1CC[C@@H](CC(=O)O)CC1c1ccc(C(F)(F)F)cc1. The van der Waals surface area contributed by atoms with Crippen LogP contribution in [0.25, 0.3) is 0 Å². The molecule has 1 aliphatic heterocycles. The molecule has 0 radical (unpaired) electrons. The second-order valence-electron chi connectivity index (χ2n) is 7.70. The van der Waals surface area contributed by atoms with Crippen LogP contribution in [0.15, 0.2) is 24.3 Å². The Labute approximate surface area is 153 Å². The van der Waals surface area contributed by atoms with Gasteiger partial charge < -0.3 is 5.11 Å². The number of nitrogens with zero attached hydrogens (tertiary/aromatic N) is 1. The van der Waals surface area contributed by atoms with Crippen molar-refractivity contribution in [3.63, 3.8) is 0 Å². The van der Waals surface area contributed by atoms with Gasteiger partial charge in [0.05, 0.1) is 5.56 Å². The zero-order valence-corrected chi connectivity index (χ0v) is 15.4.